The van der Waals surface area contributed by atoms with Crippen LogP contribution >= 0.6 is 15.9 Å². The number of nitrogens with one attached hydrogen (secondary N) is 1. The van der Waals surface area contributed by atoms with Gasteiger partial charge in [-0.3, -0.25) is 9.89 Å². The van der Waals surface area contributed by atoms with Gasteiger partial charge in [-0.25, -0.2) is 0 Å². The third-order valence-electron chi connectivity index (χ3n) is 3.61. The van der Waals surface area contributed by atoms with Crippen LogP contribution in [0.5, 0.6) is 0 Å². The number of halogens is 1. The van der Waals surface area contributed by atoms with E-state index in [1.807, 2.05) is 24.3 Å². The van der Waals surface area contributed by atoms with Gasteiger partial charge in [-0.15, -0.1) is 0 Å². The number of fused-ring (bicyclic) bond motifs is 1. The maximum Gasteiger partial charge on any atom is 0.311 e. The monoisotopic (exact) mass is 335 g/mol. The Labute approximate surface area is 124 Å². The Bertz CT molecular complexity index is 627. The van der Waals surface area contributed by atoms with Crippen molar-refractivity contribution in [1.82, 2.24) is 10.2 Å². The number of carboxylic acid groups (broad SMARTS) is 1. The van der Waals surface area contributed by atoms with Crippen molar-refractivity contribution < 1.29 is 9.90 Å². The first-order valence-corrected chi connectivity index (χ1v) is 7.20. The van der Waals surface area contributed by atoms with Gasteiger partial charge < -0.3 is 10.0 Å². The highest BCUT2D eigenvalue weighted by Gasteiger charge is 2.30. The van der Waals surface area contributed by atoms with Crippen LogP contribution in [-0.4, -0.2) is 27.8 Å². The average molecular weight is 336 g/mol. The fourth-order valence-corrected chi connectivity index (χ4v) is 3.03. The van der Waals surface area contributed by atoms with Crippen LogP contribution in [-0.2, 0) is 11.3 Å². The molecular formula is C14H14BrN3O2. The molecular weight excluding hydrogens is 322 g/mol. The molecule has 2 N–H and O–H groups in total. The van der Waals surface area contributed by atoms with Crippen LogP contribution in [0.25, 0.3) is 0 Å². The second-order valence-corrected chi connectivity index (χ2v) is 5.80. The first kappa shape index (κ1) is 13.2. The number of carbonyl (C=O) groups is 1. The standard InChI is InChI=1S/C14H14BrN3O2/c15-9-1-2-13-12(7-9)11(14(19)20)4-6-18(13)8-10-3-5-16-17-10/h1-3,5,7,11H,4,6,8H2,(H,16,17)(H,19,20). The number of benzene rings is 1. The van der Waals surface area contributed by atoms with E-state index in [9.17, 15) is 9.90 Å². The first-order chi connectivity index (χ1) is 9.65. The molecule has 5 nitrogen and oxygen atoms in total. The van der Waals surface area contributed by atoms with E-state index in [0.29, 0.717) is 13.0 Å². The van der Waals surface area contributed by atoms with Gasteiger partial charge in [-0.2, -0.15) is 5.10 Å². The summed E-state index contributed by atoms with van der Waals surface area (Å²) in [6, 6.07) is 7.77. The van der Waals surface area contributed by atoms with Gasteiger partial charge in [0.05, 0.1) is 18.2 Å². The van der Waals surface area contributed by atoms with E-state index in [-0.39, 0.29) is 0 Å². The van der Waals surface area contributed by atoms with Crippen LogP contribution in [0.15, 0.2) is 34.9 Å². The highest BCUT2D eigenvalue weighted by molar-refractivity contribution is 9.10. The minimum atomic E-state index is -0.759. The third-order valence-corrected chi connectivity index (χ3v) is 4.10. The fourth-order valence-electron chi connectivity index (χ4n) is 2.65. The van der Waals surface area contributed by atoms with E-state index in [1.165, 1.54) is 0 Å². The van der Waals surface area contributed by atoms with Gasteiger partial charge >= 0.3 is 5.97 Å². The van der Waals surface area contributed by atoms with Crippen LogP contribution in [0.2, 0.25) is 0 Å². The Balaban J connectivity index is 1.96. The predicted molar refractivity (Wildman–Crippen MR) is 78.8 cm³/mol. The Morgan fingerprint density at radius 1 is 1.50 bits per heavy atom. The van der Waals surface area contributed by atoms with Crippen LogP contribution in [0.1, 0.15) is 23.6 Å². The molecule has 0 radical (unpaired) electrons. The van der Waals surface area contributed by atoms with E-state index in [0.717, 1.165) is 28.0 Å². The Kier molecular flexibility index (Phi) is 3.48. The maximum absolute atomic E-state index is 11.4. The van der Waals surface area contributed by atoms with Gasteiger partial charge in [0.25, 0.3) is 0 Å². The smallest absolute Gasteiger partial charge is 0.311 e. The zero-order valence-corrected chi connectivity index (χ0v) is 12.3. The van der Waals surface area contributed by atoms with Crippen molar-refractivity contribution in [3.8, 4) is 0 Å². The lowest BCUT2D eigenvalue weighted by molar-refractivity contribution is -0.139. The van der Waals surface area contributed by atoms with Gasteiger partial charge in [0.15, 0.2) is 0 Å². The molecule has 2 heterocycles. The molecule has 0 aliphatic carbocycles. The summed E-state index contributed by atoms with van der Waals surface area (Å²) in [5.74, 6) is -1.19. The average Bonchev–Trinajstić information content (AvgIpc) is 2.91. The number of H-pyrrole nitrogens is 1. The molecule has 1 aromatic heterocycles. The molecule has 20 heavy (non-hydrogen) atoms. The van der Waals surface area contributed by atoms with Crippen molar-refractivity contribution >= 4 is 27.6 Å². The number of aromatic nitrogens is 2. The molecule has 0 bridgehead atoms. The highest BCUT2D eigenvalue weighted by Crippen LogP contribution is 2.37. The molecule has 0 amide bonds. The quantitative estimate of drug-likeness (QED) is 0.904. The number of hydrogen-bond acceptors (Lipinski definition) is 3. The van der Waals surface area contributed by atoms with Crippen molar-refractivity contribution in [1.29, 1.82) is 0 Å². The number of hydrogen-bond donors (Lipinski definition) is 2. The lowest BCUT2D eigenvalue weighted by Gasteiger charge is -2.34. The van der Waals surface area contributed by atoms with E-state index < -0.39 is 11.9 Å². The topological polar surface area (TPSA) is 69.2 Å². The number of anilines is 1. The van der Waals surface area contributed by atoms with Crippen molar-refractivity contribution in [2.45, 2.75) is 18.9 Å². The van der Waals surface area contributed by atoms with Crippen LogP contribution in [0.4, 0.5) is 5.69 Å². The summed E-state index contributed by atoms with van der Waals surface area (Å²) in [4.78, 5) is 13.6. The van der Waals surface area contributed by atoms with E-state index in [2.05, 4.69) is 31.0 Å². The molecule has 0 spiro atoms. The van der Waals surface area contributed by atoms with Crippen molar-refractivity contribution in [3.63, 3.8) is 0 Å². The molecule has 104 valence electrons. The lowest BCUT2D eigenvalue weighted by atomic mass is 9.90. The van der Waals surface area contributed by atoms with E-state index >= 15 is 0 Å². The Morgan fingerprint density at radius 2 is 2.35 bits per heavy atom. The van der Waals surface area contributed by atoms with E-state index in [4.69, 9.17) is 0 Å². The molecule has 6 heteroatoms. The summed E-state index contributed by atoms with van der Waals surface area (Å²) in [5, 5.41) is 16.3. The molecule has 1 atom stereocenters. The number of aromatic amines is 1. The number of nitrogens with zero attached hydrogens (tertiary/aromatic N) is 2. The summed E-state index contributed by atoms with van der Waals surface area (Å²) < 4.78 is 0.908. The van der Waals surface area contributed by atoms with Gasteiger partial charge in [0, 0.05) is 22.9 Å². The molecule has 0 saturated carbocycles. The SMILES string of the molecule is O=C(O)C1CCN(Cc2ccn[nH]2)c2ccc(Br)cc21. The molecule has 1 aliphatic heterocycles. The third kappa shape index (κ3) is 2.43. The normalized spacial score (nSPS) is 17.9. The zero-order valence-electron chi connectivity index (χ0n) is 10.7. The molecule has 1 aromatic carbocycles. The molecule has 2 aromatic rings. The minimum Gasteiger partial charge on any atom is -0.481 e. The predicted octanol–water partition coefficient (Wildman–Crippen LogP) is 2.75. The Hall–Kier alpha value is -1.82. The highest BCUT2D eigenvalue weighted by atomic mass is 79.9. The van der Waals surface area contributed by atoms with Crippen molar-refractivity contribution in [3.05, 3.63) is 46.2 Å². The summed E-state index contributed by atoms with van der Waals surface area (Å²) >= 11 is 3.42. The second kappa shape index (κ2) is 5.28. The Morgan fingerprint density at radius 3 is 3.05 bits per heavy atom. The van der Waals surface area contributed by atoms with Crippen molar-refractivity contribution in [2.75, 3.05) is 11.4 Å². The fraction of sp³-hybridized carbons (Fsp3) is 0.286. The molecule has 0 fully saturated rings. The summed E-state index contributed by atoms with van der Waals surface area (Å²) in [7, 11) is 0. The van der Waals surface area contributed by atoms with Gasteiger partial charge in [-0.05, 0) is 36.2 Å². The molecule has 3 rings (SSSR count). The largest absolute Gasteiger partial charge is 0.481 e. The zero-order chi connectivity index (χ0) is 14.1. The molecule has 1 unspecified atom stereocenters. The van der Waals surface area contributed by atoms with Gasteiger partial charge in [0.2, 0.25) is 0 Å². The maximum atomic E-state index is 11.4. The summed E-state index contributed by atoms with van der Waals surface area (Å²) in [5.41, 5.74) is 2.88. The number of aliphatic carboxylic acids is 1. The minimum absolute atomic E-state index is 0.430. The molecule has 1 aliphatic rings. The first-order valence-electron chi connectivity index (χ1n) is 6.40. The number of rotatable bonds is 3. The lowest BCUT2D eigenvalue weighted by Crippen LogP contribution is -2.33. The van der Waals surface area contributed by atoms with Gasteiger partial charge in [-0.1, -0.05) is 15.9 Å². The second-order valence-electron chi connectivity index (χ2n) is 4.89. The van der Waals surface area contributed by atoms with Crippen LogP contribution in [0, 0.1) is 0 Å². The van der Waals surface area contributed by atoms with Crippen LogP contribution < -0.4 is 4.90 Å². The van der Waals surface area contributed by atoms with Crippen LogP contribution in [0.3, 0.4) is 0 Å². The van der Waals surface area contributed by atoms with Crippen molar-refractivity contribution in [2.24, 2.45) is 0 Å². The van der Waals surface area contributed by atoms with Gasteiger partial charge in [0.1, 0.15) is 0 Å². The van der Waals surface area contributed by atoms with E-state index in [1.54, 1.807) is 6.20 Å². The summed E-state index contributed by atoms with van der Waals surface area (Å²) in [6.07, 6.45) is 2.34. The number of carboxylic acids is 1. The molecule has 0 saturated heterocycles. The summed E-state index contributed by atoms with van der Waals surface area (Å²) in [6.45, 7) is 1.44.